The van der Waals surface area contributed by atoms with E-state index >= 15 is 0 Å². The Morgan fingerprint density at radius 3 is 2.48 bits per heavy atom. The number of hydrogen-bond acceptors (Lipinski definition) is 6. The number of ether oxygens (including phenoxy) is 1. The van der Waals surface area contributed by atoms with Crippen LogP contribution < -0.4 is 0 Å². The molecule has 0 radical (unpaired) electrons. The van der Waals surface area contributed by atoms with Gasteiger partial charge in [0.25, 0.3) is 11.8 Å². The largest absolute Gasteiger partial charge is 0.465 e. The molecule has 1 aromatic heterocycles. The summed E-state index contributed by atoms with van der Waals surface area (Å²) in [6.45, 7) is 0. The van der Waals surface area contributed by atoms with Gasteiger partial charge >= 0.3 is 5.97 Å². The highest BCUT2D eigenvalue weighted by Crippen LogP contribution is 2.73. The number of carbonyl (C=O) groups is 3. The Hall–Kier alpha value is -3.48. The second-order valence-corrected chi connectivity index (χ2v) is 8.73. The highest BCUT2D eigenvalue weighted by Gasteiger charge is 2.73. The molecule has 156 valence electrons. The van der Waals surface area contributed by atoms with Gasteiger partial charge in [0.15, 0.2) is 0 Å². The first-order valence-electron chi connectivity index (χ1n) is 10.4. The molecule has 1 saturated heterocycles. The quantitative estimate of drug-likeness (QED) is 0.330. The van der Waals surface area contributed by atoms with Crippen LogP contribution in [0.3, 0.4) is 0 Å². The van der Waals surface area contributed by atoms with Crippen molar-refractivity contribution in [1.29, 1.82) is 0 Å². The molecule has 2 bridgehead atoms. The number of nitrogens with zero attached hydrogens (tertiary/aromatic N) is 2. The van der Waals surface area contributed by atoms with Crippen molar-refractivity contribution in [3.8, 4) is 11.3 Å². The summed E-state index contributed by atoms with van der Waals surface area (Å²) in [4.78, 5) is 37.7. The normalized spacial score (nSPS) is 29.4. The molecule has 1 spiro atoms. The van der Waals surface area contributed by atoms with Gasteiger partial charge in [0.2, 0.25) is 0 Å². The Morgan fingerprint density at radius 1 is 1.13 bits per heavy atom. The summed E-state index contributed by atoms with van der Waals surface area (Å²) in [7, 11) is 1.33. The van der Waals surface area contributed by atoms with E-state index < -0.39 is 5.97 Å². The van der Waals surface area contributed by atoms with Crippen molar-refractivity contribution >= 4 is 24.0 Å². The lowest BCUT2D eigenvalue weighted by Gasteiger charge is -2.18. The van der Waals surface area contributed by atoms with E-state index in [2.05, 4.69) is 17.3 Å². The van der Waals surface area contributed by atoms with Crippen LogP contribution in [0.2, 0.25) is 0 Å². The SMILES string of the molecule is COC(=O)c1cccc(-c2ccc(C=NN3C(=O)C4C(C3=O)C3C=CC4C34CC4)o2)c1. The van der Waals surface area contributed by atoms with Crippen molar-refractivity contribution < 1.29 is 23.5 Å². The number of hydrogen-bond donors (Lipinski definition) is 0. The van der Waals surface area contributed by atoms with E-state index in [9.17, 15) is 14.4 Å². The molecule has 2 saturated carbocycles. The molecule has 7 nitrogen and oxygen atoms in total. The summed E-state index contributed by atoms with van der Waals surface area (Å²) >= 11 is 0. The fourth-order valence-electron chi connectivity index (χ4n) is 5.79. The molecular weight excluding hydrogens is 396 g/mol. The van der Waals surface area contributed by atoms with E-state index in [1.807, 2.05) is 6.07 Å². The van der Waals surface area contributed by atoms with Gasteiger partial charge in [-0.05, 0) is 54.4 Å². The van der Waals surface area contributed by atoms with Crippen LogP contribution >= 0.6 is 0 Å². The van der Waals surface area contributed by atoms with Crippen LogP contribution in [-0.4, -0.2) is 36.1 Å². The minimum atomic E-state index is -0.428. The molecule has 2 amide bonds. The van der Waals surface area contributed by atoms with Gasteiger partial charge < -0.3 is 9.15 Å². The van der Waals surface area contributed by atoms with Crippen molar-refractivity contribution in [3.05, 3.63) is 59.9 Å². The van der Waals surface area contributed by atoms with Crippen LogP contribution in [0.15, 0.2) is 58.1 Å². The second kappa shape index (κ2) is 6.26. The van der Waals surface area contributed by atoms with Gasteiger partial charge in [0, 0.05) is 5.56 Å². The molecule has 7 heteroatoms. The Labute approximate surface area is 178 Å². The first-order chi connectivity index (χ1) is 15.0. The molecule has 4 unspecified atom stereocenters. The van der Waals surface area contributed by atoms with Crippen LogP contribution in [0.4, 0.5) is 0 Å². The Balaban J connectivity index is 1.22. The topological polar surface area (TPSA) is 89.2 Å². The van der Waals surface area contributed by atoms with E-state index in [1.165, 1.54) is 13.3 Å². The number of carbonyl (C=O) groups excluding carboxylic acids is 3. The fourth-order valence-corrected chi connectivity index (χ4v) is 5.79. The van der Waals surface area contributed by atoms with Crippen LogP contribution in [0.1, 0.15) is 29.0 Å². The van der Waals surface area contributed by atoms with Crippen LogP contribution in [0, 0.1) is 29.1 Å². The molecule has 0 N–H and O–H groups in total. The van der Waals surface area contributed by atoms with Gasteiger partial charge in [-0.15, -0.1) is 0 Å². The summed E-state index contributed by atoms with van der Waals surface area (Å²) in [5.74, 6) is -0.0577. The van der Waals surface area contributed by atoms with Gasteiger partial charge in [-0.25, -0.2) is 4.79 Å². The summed E-state index contributed by atoms with van der Waals surface area (Å²) < 4.78 is 10.5. The third-order valence-corrected chi connectivity index (χ3v) is 7.32. The monoisotopic (exact) mass is 416 g/mol. The first kappa shape index (κ1) is 18.3. The van der Waals surface area contributed by atoms with E-state index in [4.69, 9.17) is 9.15 Å². The van der Waals surface area contributed by atoms with Crippen molar-refractivity contribution in [2.24, 2.45) is 34.2 Å². The smallest absolute Gasteiger partial charge is 0.337 e. The van der Waals surface area contributed by atoms with Crippen molar-refractivity contribution in [1.82, 2.24) is 5.01 Å². The lowest BCUT2D eigenvalue weighted by Crippen LogP contribution is -2.30. The highest BCUT2D eigenvalue weighted by molar-refractivity contribution is 6.07. The van der Waals surface area contributed by atoms with E-state index in [1.54, 1.807) is 30.3 Å². The zero-order valence-corrected chi connectivity index (χ0v) is 16.9. The number of furan rings is 1. The van der Waals surface area contributed by atoms with Gasteiger partial charge in [-0.2, -0.15) is 10.1 Å². The lowest BCUT2D eigenvalue weighted by atomic mass is 9.85. The van der Waals surface area contributed by atoms with E-state index in [0.29, 0.717) is 22.6 Å². The predicted molar refractivity (Wildman–Crippen MR) is 110 cm³/mol. The van der Waals surface area contributed by atoms with Crippen molar-refractivity contribution in [2.75, 3.05) is 7.11 Å². The van der Waals surface area contributed by atoms with Gasteiger partial charge in [0.1, 0.15) is 11.5 Å². The molecule has 2 aromatic rings. The molecule has 31 heavy (non-hydrogen) atoms. The van der Waals surface area contributed by atoms with Crippen LogP contribution in [0.5, 0.6) is 0 Å². The zero-order chi connectivity index (χ0) is 21.3. The third kappa shape index (κ3) is 2.46. The van der Waals surface area contributed by atoms with E-state index in [-0.39, 0.29) is 40.9 Å². The van der Waals surface area contributed by atoms with E-state index in [0.717, 1.165) is 17.9 Å². The highest BCUT2D eigenvalue weighted by atomic mass is 16.5. The minimum absolute atomic E-state index is 0.172. The minimum Gasteiger partial charge on any atom is -0.465 e. The van der Waals surface area contributed by atoms with Gasteiger partial charge in [0.05, 0.1) is 30.7 Å². The molecule has 1 aliphatic heterocycles. The Morgan fingerprint density at radius 2 is 1.84 bits per heavy atom. The average molecular weight is 416 g/mol. The molecule has 1 aromatic carbocycles. The number of amides is 2. The predicted octanol–water partition coefficient (Wildman–Crippen LogP) is 3.26. The molecule has 3 fully saturated rings. The average Bonchev–Trinajstić information content (AvgIpc) is 3.07. The number of esters is 1. The van der Waals surface area contributed by atoms with Crippen LogP contribution in [0.25, 0.3) is 11.3 Å². The first-order valence-corrected chi connectivity index (χ1v) is 10.4. The fraction of sp³-hybridized carbons (Fsp3) is 0.333. The standard InChI is InChI=1S/C24H20N2O5/c1-30-23(29)14-4-2-3-13(11-14)18-8-5-15(31-18)12-25-26-21(27)19-16-6-7-17(20(19)22(26)28)24(16)9-10-24/h2-8,11-12,16-17,19-20H,9-10H2,1H3. The number of imide groups is 1. The summed E-state index contributed by atoms with van der Waals surface area (Å²) in [5, 5.41) is 5.21. The summed E-state index contributed by atoms with van der Waals surface area (Å²) in [5.41, 5.74) is 1.30. The number of benzene rings is 1. The molecule has 4 atom stereocenters. The number of fused-ring (bicyclic) bond motifs is 3. The Kier molecular flexibility index (Phi) is 3.70. The maximum absolute atomic E-state index is 13.0. The third-order valence-electron chi connectivity index (χ3n) is 7.32. The van der Waals surface area contributed by atoms with Crippen LogP contribution in [-0.2, 0) is 14.3 Å². The number of methoxy groups -OCH3 is 1. The molecule has 4 aliphatic rings. The maximum atomic E-state index is 13.0. The van der Waals surface area contributed by atoms with Crippen molar-refractivity contribution in [3.63, 3.8) is 0 Å². The molecule has 6 rings (SSSR count). The maximum Gasteiger partial charge on any atom is 0.337 e. The zero-order valence-electron chi connectivity index (χ0n) is 16.9. The van der Waals surface area contributed by atoms with Gasteiger partial charge in [-0.1, -0.05) is 24.3 Å². The summed E-state index contributed by atoms with van der Waals surface area (Å²) in [6, 6.07) is 10.4. The Bertz CT molecular complexity index is 1150. The second-order valence-electron chi connectivity index (χ2n) is 8.73. The molecular formula is C24H20N2O5. The van der Waals surface area contributed by atoms with Gasteiger partial charge in [-0.3, -0.25) is 9.59 Å². The molecule has 2 heterocycles. The summed E-state index contributed by atoms with van der Waals surface area (Å²) in [6.07, 6.45) is 7.89. The van der Waals surface area contributed by atoms with Crippen molar-refractivity contribution in [2.45, 2.75) is 12.8 Å². The lowest BCUT2D eigenvalue weighted by molar-refractivity contribution is -0.141. The number of hydrazone groups is 1. The number of allylic oxidation sites excluding steroid dienone is 2. The number of rotatable bonds is 4. The molecule has 3 aliphatic carbocycles.